The summed E-state index contributed by atoms with van der Waals surface area (Å²) in [5.74, 6) is 1.30. The Labute approximate surface area is 214 Å². The first-order chi connectivity index (χ1) is 17.3. The molecule has 9 nitrogen and oxygen atoms in total. The third-order valence-corrected chi connectivity index (χ3v) is 7.82. The van der Waals surface area contributed by atoms with Crippen LogP contribution >= 0.6 is 0 Å². The average molecular weight is 513 g/mol. The number of methoxy groups -OCH3 is 1. The number of hydrogen-bond donors (Lipinski definition) is 2. The highest BCUT2D eigenvalue weighted by Crippen LogP contribution is 2.29. The van der Waals surface area contributed by atoms with E-state index in [4.69, 9.17) is 10.5 Å². The molecule has 0 aliphatic carbocycles. The number of nitrogen functional groups attached to an aromatic ring is 1. The molecule has 1 atom stereocenters. The summed E-state index contributed by atoms with van der Waals surface area (Å²) in [6.45, 7) is 7.10. The van der Waals surface area contributed by atoms with Gasteiger partial charge >= 0.3 is 0 Å². The molecule has 0 radical (unpaired) electrons. The molecular weight excluding hydrogens is 476 g/mol. The first-order valence-electron chi connectivity index (χ1n) is 12.2. The number of anilines is 2. The van der Waals surface area contributed by atoms with E-state index in [2.05, 4.69) is 34.1 Å². The van der Waals surface area contributed by atoms with Crippen LogP contribution in [0.5, 0.6) is 5.75 Å². The largest absolute Gasteiger partial charge is 0.493 e. The molecule has 3 aromatic rings. The minimum Gasteiger partial charge on any atom is -0.493 e. The molecule has 1 fully saturated rings. The van der Waals surface area contributed by atoms with Crippen LogP contribution in [0.1, 0.15) is 45.2 Å². The molecule has 1 aliphatic heterocycles. The number of nitrogens with zero attached hydrogens (tertiary/aromatic N) is 4. The second kappa shape index (κ2) is 12.6. The molecule has 1 unspecified atom stereocenters. The summed E-state index contributed by atoms with van der Waals surface area (Å²) in [5.41, 5.74) is 8.25. The number of hydrogen-bond acceptors (Lipinski definition) is 8. The first-order valence-corrected chi connectivity index (χ1v) is 13.7. The van der Waals surface area contributed by atoms with Gasteiger partial charge in [-0.3, -0.25) is 0 Å². The van der Waals surface area contributed by atoms with Gasteiger partial charge in [0.25, 0.3) is 0 Å². The van der Waals surface area contributed by atoms with Gasteiger partial charge < -0.3 is 15.8 Å². The van der Waals surface area contributed by atoms with Crippen LogP contribution in [0, 0.1) is 6.92 Å². The zero-order valence-electron chi connectivity index (χ0n) is 21.4. The molecule has 0 saturated carbocycles. The first kappa shape index (κ1) is 27.3. The number of aryl methyl sites for hydroxylation is 1. The number of rotatable bonds is 7. The predicted molar refractivity (Wildman–Crippen MR) is 143 cm³/mol. The molecule has 0 spiro atoms. The fourth-order valence-corrected chi connectivity index (χ4v) is 5.25. The van der Waals surface area contributed by atoms with E-state index >= 15 is 0 Å². The van der Waals surface area contributed by atoms with Crippen LogP contribution in [0.4, 0.5) is 11.8 Å². The van der Waals surface area contributed by atoms with Gasteiger partial charge in [0.15, 0.2) is 11.6 Å². The van der Waals surface area contributed by atoms with Gasteiger partial charge in [-0.15, -0.1) is 0 Å². The molecule has 1 aromatic carbocycles. The highest BCUT2D eigenvalue weighted by molar-refractivity contribution is 7.89. The lowest BCUT2D eigenvalue weighted by Gasteiger charge is -2.32. The number of unbranched alkanes of at least 4 members (excludes halogenated alkanes) is 1. The number of piperidine rings is 1. The van der Waals surface area contributed by atoms with Crippen molar-refractivity contribution in [3.63, 3.8) is 0 Å². The minimum atomic E-state index is -3.62. The van der Waals surface area contributed by atoms with Crippen molar-refractivity contribution in [2.45, 2.75) is 57.4 Å². The Bertz CT molecular complexity index is 1230. The minimum absolute atomic E-state index is 0.0482. The Morgan fingerprint density at radius 1 is 1.11 bits per heavy atom. The third kappa shape index (κ3) is 6.92. The number of nitrogens with one attached hydrogen (secondary N) is 1. The molecule has 0 amide bonds. The van der Waals surface area contributed by atoms with Crippen molar-refractivity contribution in [3.05, 3.63) is 54.5 Å². The molecule has 4 rings (SSSR count). The van der Waals surface area contributed by atoms with E-state index in [0.717, 1.165) is 29.7 Å². The summed E-state index contributed by atoms with van der Waals surface area (Å²) < 4.78 is 33.2. The highest BCUT2D eigenvalue weighted by Gasteiger charge is 2.30. The van der Waals surface area contributed by atoms with Crippen molar-refractivity contribution in [2.24, 2.45) is 0 Å². The second-order valence-electron chi connectivity index (χ2n) is 8.70. The zero-order valence-corrected chi connectivity index (χ0v) is 22.3. The number of pyridine rings is 1. The van der Waals surface area contributed by atoms with Crippen LogP contribution < -0.4 is 15.8 Å². The quantitative estimate of drug-likeness (QED) is 0.474. The van der Waals surface area contributed by atoms with E-state index in [9.17, 15) is 8.42 Å². The van der Waals surface area contributed by atoms with Gasteiger partial charge in [-0.1, -0.05) is 38.8 Å². The molecule has 194 valence electrons. The monoisotopic (exact) mass is 512 g/mol. The number of nitrogens with two attached hydrogens (primary N) is 1. The van der Waals surface area contributed by atoms with Crippen LogP contribution in [-0.4, -0.2) is 53.9 Å². The lowest BCUT2D eigenvalue weighted by Crippen LogP contribution is -2.45. The normalized spacial score (nSPS) is 16.1. The van der Waals surface area contributed by atoms with Gasteiger partial charge in [0, 0.05) is 42.8 Å². The van der Waals surface area contributed by atoms with Gasteiger partial charge in [-0.05, 0) is 49.6 Å². The van der Waals surface area contributed by atoms with Crippen molar-refractivity contribution in [2.75, 3.05) is 31.2 Å². The van der Waals surface area contributed by atoms with E-state index < -0.39 is 10.0 Å². The second-order valence-corrected chi connectivity index (χ2v) is 10.6. The van der Waals surface area contributed by atoms with E-state index in [1.165, 1.54) is 24.3 Å². The van der Waals surface area contributed by atoms with Gasteiger partial charge in [-0.2, -0.15) is 4.31 Å². The molecule has 1 aliphatic rings. The van der Waals surface area contributed by atoms with Crippen molar-refractivity contribution in [3.8, 4) is 16.9 Å². The number of sulfonamides is 1. The molecule has 10 heteroatoms. The number of ether oxygens (including phenoxy) is 1. The van der Waals surface area contributed by atoms with Crippen LogP contribution in [-0.2, 0) is 10.0 Å². The van der Waals surface area contributed by atoms with Gasteiger partial charge in [0.1, 0.15) is 0 Å². The van der Waals surface area contributed by atoms with Gasteiger partial charge in [0.2, 0.25) is 16.0 Å². The van der Waals surface area contributed by atoms with Gasteiger partial charge in [-0.25, -0.2) is 23.4 Å². The zero-order chi connectivity index (χ0) is 26.1. The maximum atomic E-state index is 13.3. The Kier molecular flexibility index (Phi) is 9.60. The Morgan fingerprint density at radius 2 is 1.83 bits per heavy atom. The fraction of sp³-hybridized carbons (Fsp3) is 0.423. The van der Waals surface area contributed by atoms with Gasteiger partial charge in [0.05, 0.1) is 12.0 Å². The third-order valence-electron chi connectivity index (χ3n) is 5.94. The summed E-state index contributed by atoms with van der Waals surface area (Å²) in [5, 5.41) is 3.26. The van der Waals surface area contributed by atoms with Crippen molar-refractivity contribution >= 4 is 21.8 Å². The molecule has 36 heavy (non-hydrogen) atoms. The Morgan fingerprint density at radius 3 is 2.47 bits per heavy atom. The summed E-state index contributed by atoms with van der Waals surface area (Å²) >= 11 is 0. The van der Waals surface area contributed by atoms with Crippen molar-refractivity contribution in [1.82, 2.24) is 19.3 Å². The Balaban J connectivity index is 0.000000840. The predicted octanol–water partition coefficient (Wildman–Crippen LogP) is 4.51. The molecule has 3 N–H and O–H groups in total. The van der Waals surface area contributed by atoms with E-state index in [-0.39, 0.29) is 10.9 Å². The maximum Gasteiger partial charge on any atom is 0.243 e. The summed E-state index contributed by atoms with van der Waals surface area (Å²) in [6, 6.07) is 10.3. The van der Waals surface area contributed by atoms with Crippen LogP contribution in [0.3, 0.4) is 0 Å². The highest BCUT2D eigenvalue weighted by atomic mass is 32.2. The van der Waals surface area contributed by atoms with E-state index in [1.54, 1.807) is 42.7 Å². The molecule has 1 saturated heterocycles. The van der Waals surface area contributed by atoms with Crippen molar-refractivity contribution in [1.29, 1.82) is 0 Å². The van der Waals surface area contributed by atoms with Crippen LogP contribution in [0.25, 0.3) is 11.1 Å². The standard InChI is InChI=1S/C22H26N6O3S.C4H10/c1-15-9-10-24-22(26-15)27-18-4-3-11-28(14-18)32(29,30)19-7-5-16(6-8-19)17-12-20(31-2)21(23)25-13-17;1-3-4-2/h5-10,12-13,18H,3-4,11,14H2,1-2H3,(H2,23,25)(H,24,26,27);3-4H2,1-2H3. The lowest BCUT2D eigenvalue weighted by atomic mass is 10.1. The summed E-state index contributed by atoms with van der Waals surface area (Å²) in [6.07, 6.45) is 7.58. The Hall–Kier alpha value is -3.24. The molecule has 2 aromatic heterocycles. The average Bonchev–Trinajstić information content (AvgIpc) is 2.89. The molecular formula is C26H36N6O3S. The topological polar surface area (TPSA) is 123 Å². The number of benzene rings is 1. The SMILES string of the molecule is CCCC.COc1cc(-c2ccc(S(=O)(=O)N3CCCC(Nc4nccc(C)n4)C3)cc2)cnc1N. The molecule has 3 heterocycles. The summed E-state index contributed by atoms with van der Waals surface area (Å²) in [7, 11) is -2.10. The van der Waals surface area contributed by atoms with Crippen molar-refractivity contribution < 1.29 is 13.2 Å². The lowest BCUT2D eigenvalue weighted by molar-refractivity contribution is 0.326. The van der Waals surface area contributed by atoms with Crippen LogP contribution in [0.15, 0.2) is 53.7 Å². The van der Waals surface area contributed by atoms with E-state index in [0.29, 0.717) is 30.6 Å². The maximum absolute atomic E-state index is 13.3. The molecule has 0 bridgehead atoms. The smallest absolute Gasteiger partial charge is 0.243 e. The number of aromatic nitrogens is 3. The van der Waals surface area contributed by atoms with Crippen LogP contribution in [0.2, 0.25) is 0 Å². The van der Waals surface area contributed by atoms with E-state index in [1.807, 2.05) is 13.0 Å². The fourth-order valence-electron chi connectivity index (χ4n) is 3.72. The summed E-state index contributed by atoms with van der Waals surface area (Å²) in [4.78, 5) is 13.0.